The van der Waals surface area contributed by atoms with E-state index in [0.29, 0.717) is 11.6 Å². The van der Waals surface area contributed by atoms with E-state index in [0.717, 1.165) is 11.4 Å². The summed E-state index contributed by atoms with van der Waals surface area (Å²) >= 11 is 5.92. The Balaban J connectivity index is 2.87. The van der Waals surface area contributed by atoms with Crippen LogP contribution in [0.1, 0.15) is 18.3 Å². The Morgan fingerprint density at radius 2 is 2.21 bits per heavy atom. The molecule has 14 heavy (non-hydrogen) atoms. The molecule has 78 valence electrons. The average molecular weight is 216 g/mol. The molecule has 0 aliphatic rings. The predicted octanol–water partition coefficient (Wildman–Crippen LogP) is 0.539. The van der Waals surface area contributed by atoms with Crippen molar-refractivity contribution in [3.63, 3.8) is 0 Å². The van der Waals surface area contributed by atoms with Gasteiger partial charge in [-0.25, -0.2) is 0 Å². The third-order valence-corrected chi connectivity index (χ3v) is 2.69. The summed E-state index contributed by atoms with van der Waals surface area (Å²) in [5, 5.41) is 15.2. The van der Waals surface area contributed by atoms with E-state index in [-0.39, 0.29) is 0 Å². The minimum Gasteiger partial charge on any atom is -0.550 e. The normalized spacial score (nSPS) is 12.9. The van der Waals surface area contributed by atoms with Crippen LogP contribution in [0.4, 0.5) is 0 Å². The Kier molecular flexibility index (Phi) is 3.16. The average Bonchev–Trinajstić information content (AvgIpc) is 2.33. The fourth-order valence-corrected chi connectivity index (χ4v) is 1.32. The standard InChI is InChI=1S/C9H13ClN2O2/c1-5(9(13)14)4-12-7(3)8(10)6(2)11-12/h5H,4H2,1-3H3,(H,13,14)/p-1/t5-/m0/s1. The summed E-state index contributed by atoms with van der Waals surface area (Å²) in [6.07, 6.45) is 0. The first-order chi connectivity index (χ1) is 6.43. The van der Waals surface area contributed by atoms with Gasteiger partial charge in [0.2, 0.25) is 0 Å². The first-order valence-electron chi connectivity index (χ1n) is 4.33. The van der Waals surface area contributed by atoms with E-state index < -0.39 is 11.9 Å². The summed E-state index contributed by atoms with van der Waals surface area (Å²) in [5.41, 5.74) is 1.51. The van der Waals surface area contributed by atoms with Crippen LogP contribution >= 0.6 is 11.6 Å². The maximum atomic E-state index is 10.5. The van der Waals surface area contributed by atoms with Crippen LogP contribution in [-0.4, -0.2) is 15.7 Å². The number of hydrogen-bond donors (Lipinski definition) is 0. The van der Waals surface area contributed by atoms with Crippen molar-refractivity contribution >= 4 is 17.6 Å². The molecule has 0 bridgehead atoms. The summed E-state index contributed by atoms with van der Waals surface area (Å²) in [6, 6.07) is 0. The van der Waals surface area contributed by atoms with Crippen LogP contribution in [0.15, 0.2) is 0 Å². The van der Waals surface area contributed by atoms with E-state index in [4.69, 9.17) is 11.6 Å². The van der Waals surface area contributed by atoms with E-state index >= 15 is 0 Å². The molecule has 4 nitrogen and oxygen atoms in total. The molecular formula is C9H12ClN2O2-. The van der Waals surface area contributed by atoms with E-state index in [1.165, 1.54) is 0 Å². The van der Waals surface area contributed by atoms with Crippen LogP contribution in [0.5, 0.6) is 0 Å². The number of rotatable bonds is 3. The Morgan fingerprint density at radius 1 is 1.64 bits per heavy atom. The number of aromatic nitrogens is 2. The number of aliphatic carboxylic acids is 1. The van der Waals surface area contributed by atoms with Crippen molar-refractivity contribution in [2.45, 2.75) is 27.3 Å². The molecule has 1 rings (SSSR count). The Bertz CT molecular complexity index is 360. The van der Waals surface area contributed by atoms with Crippen LogP contribution < -0.4 is 5.11 Å². The third-order valence-electron chi connectivity index (χ3n) is 2.14. The zero-order valence-electron chi connectivity index (χ0n) is 8.37. The number of carbonyl (C=O) groups excluding carboxylic acids is 1. The first kappa shape index (κ1) is 11.0. The molecule has 0 saturated carbocycles. The maximum Gasteiger partial charge on any atom is 0.0844 e. The Hall–Kier alpha value is -1.03. The molecule has 0 radical (unpaired) electrons. The van der Waals surface area contributed by atoms with Gasteiger partial charge in [0.15, 0.2) is 0 Å². The summed E-state index contributed by atoms with van der Waals surface area (Å²) in [5.74, 6) is -1.64. The fourth-order valence-electron chi connectivity index (χ4n) is 1.19. The minimum absolute atomic E-state index is 0.293. The van der Waals surface area contributed by atoms with Crippen molar-refractivity contribution in [3.05, 3.63) is 16.4 Å². The molecule has 0 fully saturated rings. The van der Waals surface area contributed by atoms with Crippen molar-refractivity contribution < 1.29 is 9.90 Å². The molecule has 0 saturated heterocycles. The summed E-state index contributed by atoms with van der Waals surface area (Å²) < 4.78 is 1.60. The van der Waals surface area contributed by atoms with Crippen molar-refractivity contribution in [1.29, 1.82) is 0 Å². The number of carboxylic acid groups (broad SMARTS) is 1. The molecule has 1 atom stereocenters. The molecule has 0 unspecified atom stereocenters. The molecule has 0 aliphatic heterocycles. The topological polar surface area (TPSA) is 58.0 Å². The highest BCUT2D eigenvalue weighted by Crippen LogP contribution is 2.19. The second kappa shape index (κ2) is 4.00. The molecule has 1 aromatic rings. The van der Waals surface area contributed by atoms with Crippen LogP contribution in [-0.2, 0) is 11.3 Å². The first-order valence-corrected chi connectivity index (χ1v) is 4.71. The molecule has 0 amide bonds. The molecule has 0 aliphatic carbocycles. The summed E-state index contributed by atoms with van der Waals surface area (Å²) in [7, 11) is 0. The lowest BCUT2D eigenvalue weighted by Crippen LogP contribution is -2.32. The van der Waals surface area contributed by atoms with Gasteiger partial charge in [0.1, 0.15) is 0 Å². The van der Waals surface area contributed by atoms with Gasteiger partial charge in [0.05, 0.1) is 16.4 Å². The van der Waals surface area contributed by atoms with E-state index in [1.54, 1.807) is 18.5 Å². The van der Waals surface area contributed by atoms with Gasteiger partial charge in [0, 0.05) is 18.4 Å². The second-order valence-corrected chi connectivity index (χ2v) is 3.76. The zero-order chi connectivity index (χ0) is 10.9. The zero-order valence-corrected chi connectivity index (χ0v) is 9.13. The van der Waals surface area contributed by atoms with Gasteiger partial charge < -0.3 is 9.90 Å². The lowest BCUT2D eigenvalue weighted by molar-refractivity contribution is -0.311. The molecular weight excluding hydrogens is 204 g/mol. The highest BCUT2D eigenvalue weighted by Gasteiger charge is 2.11. The monoisotopic (exact) mass is 215 g/mol. The van der Waals surface area contributed by atoms with Crippen molar-refractivity contribution in [1.82, 2.24) is 9.78 Å². The lowest BCUT2D eigenvalue weighted by atomic mass is 10.2. The smallest absolute Gasteiger partial charge is 0.0844 e. The van der Waals surface area contributed by atoms with Gasteiger partial charge in [-0.2, -0.15) is 5.10 Å². The van der Waals surface area contributed by atoms with Crippen molar-refractivity contribution in [2.24, 2.45) is 5.92 Å². The SMILES string of the molecule is Cc1nn(C[C@H](C)C(=O)[O-])c(C)c1Cl. The largest absolute Gasteiger partial charge is 0.550 e. The fraction of sp³-hybridized carbons (Fsp3) is 0.556. The van der Waals surface area contributed by atoms with Gasteiger partial charge >= 0.3 is 0 Å². The Labute approximate surface area is 87.5 Å². The molecule has 0 spiro atoms. The molecule has 0 aromatic carbocycles. The van der Waals surface area contributed by atoms with Gasteiger partial charge in [-0.15, -0.1) is 0 Å². The van der Waals surface area contributed by atoms with Gasteiger partial charge in [0.25, 0.3) is 0 Å². The number of aryl methyl sites for hydroxylation is 1. The lowest BCUT2D eigenvalue weighted by Gasteiger charge is -2.13. The Morgan fingerprint density at radius 3 is 2.57 bits per heavy atom. The van der Waals surface area contributed by atoms with Crippen molar-refractivity contribution in [3.8, 4) is 0 Å². The predicted molar refractivity (Wildman–Crippen MR) is 50.9 cm³/mol. The number of halogens is 1. The van der Waals surface area contributed by atoms with Crippen LogP contribution in [0.2, 0.25) is 5.02 Å². The van der Waals surface area contributed by atoms with E-state index in [1.807, 2.05) is 6.92 Å². The van der Waals surface area contributed by atoms with Crippen molar-refractivity contribution in [2.75, 3.05) is 0 Å². The summed E-state index contributed by atoms with van der Waals surface area (Å²) in [4.78, 5) is 10.5. The van der Waals surface area contributed by atoms with E-state index in [9.17, 15) is 9.90 Å². The third kappa shape index (κ3) is 2.07. The highest BCUT2D eigenvalue weighted by molar-refractivity contribution is 6.31. The highest BCUT2D eigenvalue weighted by atomic mass is 35.5. The number of carbonyl (C=O) groups is 1. The quantitative estimate of drug-likeness (QED) is 0.740. The molecule has 5 heteroatoms. The molecule has 1 heterocycles. The second-order valence-electron chi connectivity index (χ2n) is 3.39. The van der Waals surface area contributed by atoms with Gasteiger partial charge in [-0.3, -0.25) is 4.68 Å². The number of carboxylic acids is 1. The van der Waals surface area contributed by atoms with Gasteiger partial charge in [-0.05, 0) is 13.8 Å². The number of hydrogen-bond acceptors (Lipinski definition) is 3. The minimum atomic E-state index is -1.08. The van der Waals surface area contributed by atoms with E-state index in [2.05, 4.69) is 5.10 Å². The van der Waals surface area contributed by atoms with Crippen LogP contribution in [0.25, 0.3) is 0 Å². The van der Waals surface area contributed by atoms with Gasteiger partial charge in [-0.1, -0.05) is 18.5 Å². The van der Waals surface area contributed by atoms with Crippen LogP contribution in [0.3, 0.4) is 0 Å². The maximum absolute atomic E-state index is 10.5. The number of nitrogens with zero attached hydrogens (tertiary/aromatic N) is 2. The molecule has 1 aromatic heterocycles. The summed E-state index contributed by atoms with van der Waals surface area (Å²) in [6.45, 7) is 5.47. The van der Waals surface area contributed by atoms with Crippen LogP contribution in [0, 0.1) is 19.8 Å². The molecule has 0 N–H and O–H groups in total.